The molecule has 0 bridgehead atoms. The summed E-state index contributed by atoms with van der Waals surface area (Å²) in [6.45, 7) is 2.63. The van der Waals surface area contributed by atoms with Crippen molar-refractivity contribution in [2.75, 3.05) is 5.33 Å². The lowest BCUT2D eigenvalue weighted by Gasteiger charge is -2.18. The normalized spacial score (nSPS) is 10.8. The van der Waals surface area contributed by atoms with Crippen molar-refractivity contribution in [3.8, 4) is 0 Å². The number of carbonyl (C=O) groups is 2. The standard InChI is InChI=1S/C6H9BrO4/c1-6(2,5(9)10)11-4(8)3-7/h3H2,1-2H3,(H,9,10). The summed E-state index contributed by atoms with van der Waals surface area (Å²) in [5, 5.41) is 8.50. The highest BCUT2D eigenvalue weighted by Gasteiger charge is 2.30. The molecule has 0 atom stereocenters. The van der Waals surface area contributed by atoms with Gasteiger partial charge < -0.3 is 9.84 Å². The largest absolute Gasteiger partial charge is 0.478 e. The molecule has 0 heterocycles. The van der Waals surface area contributed by atoms with Gasteiger partial charge in [0.15, 0.2) is 0 Å². The summed E-state index contributed by atoms with van der Waals surface area (Å²) in [6, 6.07) is 0. The average molecular weight is 225 g/mol. The third-order valence-electron chi connectivity index (χ3n) is 0.993. The van der Waals surface area contributed by atoms with Crippen LogP contribution in [0.25, 0.3) is 0 Å². The Morgan fingerprint density at radius 1 is 1.55 bits per heavy atom. The van der Waals surface area contributed by atoms with Gasteiger partial charge in [0, 0.05) is 0 Å². The van der Waals surface area contributed by atoms with Crippen LogP contribution in [0, 0.1) is 0 Å². The average Bonchev–Trinajstić information content (AvgIpc) is 1.86. The first-order valence-electron chi connectivity index (χ1n) is 2.91. The molecule has 0 saturated heterocycles. The molecule has 0 spiro atoms. The van der Waals surface area contributed by atoms with E-state index in [0.29, 0.717) is 0 Å². The Hall–Kier alpha value is -0.580. The van der Waals surface area contributed by atoms with Crippen LogP contribution in [0.4, 0.5) is 0 Å². The smallest absolute Gasteiger partial charge is 0.347 e. The van der Waals surface area contributed by atoms with Gasteiger partial charge in [-0.1, -0.05) is 15.9 Å². The molecule has 0 aliphatic carbocycles. The summed E-state index contributed by atoms with van der Waals surface area (Å²) in [7, 11) is 0. The van der Waals surface area contributed by atoms with Gasteiger partial charge in [-0.05, 0) is 13.8 Å². The number of aliphatic carboxylic acids is 1. The van der Waals surface area contributed by atoms with E-state index in [0.717, 1.165) is 0 Å². The molecule has 4 nitrogen and oxygen atoms in total. The van der Waals surface area contributed by atoms with Crippen LogP contribution in [0.1, 0.15) is 13.8 Å². The van der Waals surface area contributed by atoms with Gasteiger partial charge in [0.05, 0.1) is 0 Å². The molecule has 0 rings (SSSR count). The minimum Gasteiger partial charge on any atom is -0.478 e. The Kier molecular flexibility index (Phi) is 3.51. The summed E-state index contributed by atoms with van der Waals surface area (Å²) in [5.74, 6) is -1.75. The highest BCUT2D eigenvalue weighted by molar-refractivity contribution is 9.09. The van der Waals surface area contributed by atoms with E-state index >= 15 is 0 Å². The van der Waals surface area contributed by atoms with Gasteiger partial charge in [0.25, 0.3) is 0 Å². The van der Waals surface area contributed by atoms with E-state index in [4.69, 9.17) is 5.11 Å². The molecule has 0 fully saturated rings. The summed E-state index contributed by atoms with van der Waals surface area (Å²) >= 11 is 2.85. The van der Waals surface area contributed by atoms with Crippen molar-refractivity contribution in [3.63, 3.8) is 0 Å². The zero-order valence-corrected chi connectivity index (χ0v) is 7.84. The van der Waals surface area contributed by atoms with Crippen molar-refractivity contribution < 1.29 is 19.4 Å². The first kappa shape index (κ1) is 10.4. The Labute approximate surface area is 72.7 Å². The third-order valence-corrected chi connectivity index (χ3v) is 1.45. The number of carbonyl (C=O) groups excluding carboxylic acids is 1. The van der Waals surface area contributed by atoms with Gasteiger partial charge in [-0.2, -0.15) is 0 Å². The molecule has 11 heavy (non-hydrogen) atoms. The van der Waals surface area contributed by atoms with Crippen molar-refractivity contribution in [2.24, 2.45) is 0 Å². The van der Waals surface area contributed by atoms with E-state index in [1.165, 1.54) is 13.8 Å². The van der Waals surface area contributed by atoms with E-state index in [-0.39, 0.29) is 5.33 Å². The number of carboxylic acid groups (broad SMARTS) is 1. The highest BCUT2D eigenvalue weighted by atomic mass is 79.9. The second-order valence-corrected chi connectivity index (χ2v) is 2.98. The molecule has 1 N–H and O–H groups in total. The third kappa shape index (κ3) is 3.36. The van der Waals surface area contributed by atoms with Gasteiger partial charge in [0.1, 0.15) is 5.33 Å². The van der Waals surface area contributed by atoms with Gasteiger partial charge in [-0.15, -0.1) is 0 Å². The molecular weight excluding hydrogens is 216 g/mol. The van der Waals surface area contributed by atoms with Gasteiger partial charge >= 0.3 is 11.9 Å². The molecule has 5 heteroatoms. The Balaban J connectivity index is 4.12. The maximum atomic E-state index is 10.6. The summed E-state index contributed by atoms with van der Waals surface area (Å²) in [5.41, 5.74) is -1.44. The summed E-state index contributed by atoms with van der Waals surface area (Å²) in [6.07, 6.45) is 0. The highest BCUT2D eigenvalue weighted by Crippen LogP contribution is 2.09. The van der Waals surface area contributed by atoms with Crippen LogP contribution >= 0.6 is 15.9 Å². The Bertz CT molecular complexity index is 175. The lowest BCUT2D eigenvalue weighted by Crippen LogP contribution is -2.37. The van der Waals surface area contributed by atoms with E-state index in [9.17, 15) is 9.59 Å². The lowest BCUT2D eigenvalue weighted by molar-refractivity contribution is -0.172. The molecule has 0 aromatic heterocycles. The monoisotopic (exact) mass is 224 g/mol. The van der Waals surface area contributed by atoms with Crippen molar-refractivity contribution in [1.29, 1.82) is 0 Å². The minimum absolute atomic E-state index is 0.00368. The number of esters is 1. The van der Waals surface area contributed by atoms with E-state index in [1.807, 2.05) is 0 Å². The van der Waals surface area contributed by atoms with Gasteiger partial charge in [0.2, 0.25) is 5.60 Å². The molecule has 0 aromatic carbocycles. The van der Waals surface area contributed by atoms with Crippen molar-refractivity contribution >= 4 is 27.9 Å². The minimum atomic E-state index is -1.44. The summed E-state index contributed by atoms with van der Waals surface area (Å²) in [4.78, 5) is 21.0. The van der Waals surface area contributed by atoms with Crippen LogP contribution in [-0.2, 0) is 14.3 Å². The first-order valence-corrected chi connectivity index (χ1v) is 4.03. The Morgan fingerprint density at radius 3 is 2.27 bits per heavy atom. The molecule has 0 aliphatic heterocycles. The molecule has 0 aromatic rings. The van der Waals surface area contributed by atoms with Crippen LogP contribution < -0.4 is 0 Å². The predicted octanol–water partition coefficient (Wildman–Crippen LogP) is 0.788. The van der Waals surface area contributed by atoms with Crippen molar-refractivity contribution in [1.82, 2.24) is 0 Å². The molecule has 0 saturated carbocycles. The second-order valence-electron chi connectivity index (χ2n) is 2.42. The zero-order valence-electron chi connectivity index (χ0n) is 6.26. The lowest BCUT2D eigenvalue weighted by atomic mass is 10.1. The number of alkyl halides is 1. The number of hydrogen-bond donors (Lipinski definition) is 1. The number of ether oxygens (including phenoxy) is 1. The molecule has 0 amide bonds. The fourth-order valence-electron chi connectivity index (χ4n) is 0.356. The maximum absolute atomic E-state index is 10.6. The van der Waals surface area contributed by atoms with Gasteiger partial charge in [-0.25, -0.2) is 4.79 Å². The van der Waals surface area contributed by atoms with E-state index < -0.39 is 17.5 Å². The number of hydrogen-bond acceptors (Lipinski definition) is 3. The van der Waals surface area contributed by atoms with Crippen LogP contribution in [0.15, 0.2) is 0 Å². The summed E-state index contributed by atoms with van der Waals surface area (Å²) < 4.78 is 4.56. The van der Waals surface area contributed by atoms with Crippen LogP contribution in [0.5, 0.6) is 0 Å². The fourth-order valence-corrected chi connectivity index (χ4v) is 0.470. The quantitative estimate of drug-likeness (QED) is 0.569. The first-order chi connectivity index (χ1) is 4.90. The van der Waals surface area contributed by atoms with E-state index in [1.54, 1.807) is 0 Å². The number of halogens is 1. The molecule has 0 aliphatic rings. The number of carboxylic acids is 1. The fraction of sp³-hybridized carbons (Fsp3) is 0.667. The maximum Gasteiger partial charge on any atom is 0.347 e. The zero-order chi connectivity index (χ0) is 9.07. The number of rotatable bonds is 3. The molecular formula is C6H9BrO4. The van der Waals surface area contributed by atoms with E-state index in [2.05, 4.69) is 20.7 Å². The second kappa shape index (κ2) is 3.71. The molecule has 64 valence electrons. The SMILES string of the molecule is CC(C)(OC(=O)CBr)C(=O)O. The topological polar surface area (TPSA) is 63.6 Å². The Morgan fingerprint density at radius 2 is 2.00 bits per heavy atom. The van der Waals surface area contributed by atoms with Crippen molar-refractivity contribution in [3.05, 3.63) is 0 Å². The molecule has 0 radical (unpaired) electrons. The van der Waals surface area contributed by atoms with Gasteiger partial charge in [-0.3, -0.25) is 4.79 Å². The molecule has 0 unspecified atom stereocenters. The van der Waals surface area contributed by atoms with Crippen LogP contribution in [-0.4, -0.2) is 28.0 Å². The predicted molar refractivity (Wildman–Crippen MR) is 41.6 cm³/mol. The van der Waals surface area contributed by atoms with Crippen molar-refractivity contribution in [2.45, 2.75) is 19.4 Å². The van der Waals surface area contributed by atoms with Crippen LogP contribution in [0.2, 0.25) is 0 Å². The van der Waals surface area contributed by atoms with Crippen LogP contribution in [0.3, 0.4) is 0 Å².